The molecule has 1 aliphatic carbocycles. The Morgan fingerprint density at radius 1 is 0.950 bits per heavy atom. The molecule has 0 aromatic rings. The second kappa shape index (κ2) is 17.6. The normalized spacial score (nSPS) is 10.4. The number of carboxylic acids is 3. The minimum atomic E-state index is -0.833. The van der Waals surface area contributed by atoms with Crippen LogP contribution in [0, 0.1) is 6.08 Å². The molecule has 0 amide bonds. The smallest absolute Gasteiger partial charge is 0.300 e. The summed E-state index contributed by atoms with van der Waals surface area (Å²) < 4.78 is 0. The average molecular weight is 321 g/mol. The van der Waals surface area contributed by atoms with E-state index >= 15 is 0 Å². The molecule has 0 radical (unpaired) electrons. The molecule has 0 unspecified atom stereocenters. The predicted molar refractivity (Wildman–Crippen MR) is 70.7 cm³/mol. The van der Waals surface area contributed by atoms with E-state index in [-0.39, 0.29) is 21.7 Å². The van der Waals surface area contributed by atoms with Crippen LogP contribution in [-0.2, 0) is 36.1 Å². The SMILES string of the molecule is CC(=O)O.CC(=O)O.CC(=O)O.CC1=[C-]CC=C1C.[Ti]. The molecular weight excluding hydrogens is 300 g/mol. The fourth-order valence-electron chi connectivity index (χ4n) is 0.650. The van der Waals surface area contributed by atoms with Gasteiger partial charge in [-0.2, -0.15) is 6.08 Å². The Bertz CT molecular complexity index is 301. The van der Waals surface area contributed by atoms with Crippen molar-refractivity contribution < 1.29 is 51.4 Å². The van der Waals surface area contributed by atoms with Crippen molar-refractivity contribution >= 4 is 17.9 Å². The van der Waals surface area contributed by atoms with Crippen LogP contribution < -0.4 is 0 Å². The van der Waals surface area contributed by atoms with Crippen molar-refractivity contribution in [2.45, 2.75) is 41.0 Å². The Balaban J connectivity index is -0.0000000881. The van der Waals surface area contributed by atoms with Gasteiger partial charge in [-0.25, -0.2) is 11.1 Å². The van der Waals surface area contributed by atoms with Gasteiger partial charge in [-0.15, -0.1) is 13.3 Å². The van der Waals surface area contributed by atoms with E-state index < -0.39 is 17.9 Å². The first-order valence-electron chi connectivity index (χ1n) is 5.33. The van der Waals surface area contributed by atoms with Crippen molar-refractivity contribution in [2.24, 2.45) is 0 Å². The molecule has 20 heavy (non-hydrogen) atoms. The molecule has 0 fully saturated rings. The van der Waals surface area contributed by atoms with Crippen LogP contribution in [0.2, 0.25) is 0 Å². The quantitative estimate of drug-likeness (QED) is 0.466. The minimum Gasteiger partial charge on any atom is -0.481 e. The second-order valence-electron chi connectivity index (χ2n) is 3.45. The van der Waals surface area contributed by atoms with E-state index in [1.54, 1.807) is 0 Å². The third-order valence-corrected chi connectivity index (χ3v) is 1.37. The van der Waals surface area contributed by atoms with Crippen LogP contribution in [0.15, 0.2) is 17.2 Å². The summed E-state index contributed by atoms with van der Waals surface area (Å²) >= 11 is 0. The van der Waals surface area contributed by atoms with Gasteiger partial charge in [0.15, 0.2) is 0 Å². The van der Waals surface area contributed by atoms with Crippen molar-refractivity contribution in [1.82, 2.24) is 0 Å². The maximum absolute atomic E-state index is 9.00. The van der Waals surface area contributed by atoms with Gasteiger partial charge < -0.3 is 15.3 Å². The van der Waals surface area contributed by atoms with Gasteiger partial charge in [0.25, 0.3) is 17.9 Å². The second-order valence-corrected chi connectivity index (χ2v) is 3.45. The number of hydrogen-bond donors (Lipinski definition) is 3. The summed E-state index contributed by atoms with van der Waals surface area (Å²) in [6.45, 7) is 7.47. The molecule has 3 N–H and O–H groups in total. The van der Waals surface area contributed by atoms with E-state index in [4.69, 9.17) is 29.7 Å². The van der Waals surface area contributed by atoms with Crippen LogP contribution in [0.3, 0.4) is 0 Å². The number of aliphatic carboxylic acids is 3. The van der Waals surface area contributed by atoms with Crippen LogP contribution in [0.5, 0.6) is 0 Å². The minimum absolute atomic E-state index is 0. The van der Waals surface area contributed by atoms with Gasteiger partial charge in [-0.1, -0.05) is 6.92 Å². The van der Waals surface area contributed by atoms with Crippen molar-refractivity contribution in [1.29, 1.82) is 0 Å². The van der Waals surface area contributed by atoms with E-state index in [9.17, 15) is 0 Å². The van der Waals surface area contributed by atoms with E-state index in [0.29, 0.717) is 0 Å². The van der Waals surface area contributed by atoms with Crippen LogP contribution in [0.1, 0.15) is 41.0 Å². The van der Waals surface area contributed by atoms with Crippen molar-refractivity contribution in [3.05, 3.63) is 23.3 Å². The summed E-state index contributed by atoms with van der Waals surface area (Å²) in [7, 11) is 0. The number of hydrogen-bond acceptors (Lipinski definition) is 3. The van der Waals surface area contributed by atoms with Crippen LogP contribution in [0.25, 0.3) is 0 Å². The van der Waals surface area contributed by atoms with E-state index in [2.05, 4.69) is 26.0 Å². The molecular formula is C13H21O6Ti-. The van der Waals surface area contributed by atoms with E-state index in [1.807, 2.05) is 0 Å². The molecule has 0 spiro atoms. The first kappa shape index (κ1) is 27.0. The summed E-state index contributed by atoms with van der Waals surface area (Å²) in [5, 5.41) is 22.2. The monoisotopic (exact) mass is 321 g/mol. The molecule has 0 saturated carbocycles. The fraction of sp³-hybridized carbons (Fsp3) is 0.462. The summed E-state index contributed by atoms with van der Waals surface area (Å²) in [4.78, 5) is 27.0. The third-order valence-electron chi connectivity index (χ3n) is 1.37. The Morgan fingerprint density at radius 3 is 1.25 bits per heavy atom. The number of allylic oxidation sites excluding steroid dienone is 4. The molecule has 0 bridgehead atoms. The first-order valence-corrected chi connectivity index (χ1v) is 5.33. The zero-order chi connectivity index (χ0) is 16.0. The molecule has 0 aliphatic heterocycles. The summed E-state index contributed by atoms with van der Waals surface area (Å²) in [6, 6.07) is 0. The number of carboxylic acid groups (broad SMARTS) is 3. The largest absolute Gasteiger partial charge is 0.481 e. The zero-order valence-electron chi connectivity index (χ0n) is 12.4. The summed E-state index contributed by atoms with van der Waals surface area (Å²) in [5.74, 6) is -2.50. The van der Waals surface area contributed by atoms with Crippen molar-refractivity contribution in [3.8, 4) is 0 Å². The summed E-state index contributed by atoms with van der Waals surface area (Å²) in [5.41, 5.74) is 2.71. The number of carbonyl (C=O) groups is 3. The molecule has 1 aliphatic rings. The molecule has 0 heterocycles. The van der Waals surface area contributed by atoms with Gasteiger partial charge >= 0.3 is 0 Å². The van der Waals surface area contributed by atoms with Gasteiger partial charge in [0.2, 0.25) is 0 Å². The molecule has 114 valence electrons. The number of rotatable bonds is 0. The first-order chi connectivity index (χ1) is 8.50. The van der Waals surface area contributed by atoms with Crippen molar-refractivity contribution in [2.75, 3.05) is 0 Å². The molecule has 7 heteroatoms. The fourth-order valence-corrected chi connectivity index (χ4v) is 0.650. The van der Waals surface area contributed by atoms with Crippen LogP contribution in [0.4, 0.5) is 0 Å². The molecule has 1 rings (SSSR count). The maximum atomic E-state index is 9.00. The Labute approximate surface area is 134 Å². The maximum Gasteiger partial charge on any atom is 0.300 e. The molecule has 0 aromatic heterocycles. The molecule has 0 aromatic carbocycles. The molecule has 0 atom stereocenters. The van der Waals surface area contributed by atoms with Gasteiger partial charge in [-0.05, 0) is 0 Å². The van der Waals surface area contributed by atoms with Crippen molar-refractivity contribution in [3.63, 3.8) is 0 Å². The third kappa shape index (κ3) is 54.6. The van der Waals surface area contributed by atoms with E-state index in [0.717, 1.165) is 27.2 Å². The van der Waals surface area contributed by atoms with Crippen LogP contribution in [-0.4, -0.2) is 33.2 Å². The Kier molecular flexibility index (Phi) is 23.8. The van der Waals surface area contributed by atoms with Gasteiger partial charge in [0.05, 0.1) is 0 Å². The molecule has 6 nitrogen and oxygen atoms in total. The molecule has 0 saturated heterocycles. The standard InChI is InChI=1S/C7H9.3C2H4O2.Ti/c1-6-4-3-5-7(6)2;3*1-2(3)4;/h4H,3H2,1-2H3;3*1H3,(H,3,4);/q-1;;;;. The topological polar surface area (TPSA) is 112 Å². The predicted octanol–water partition coefficient (Wildman–Crippen LogP) is 2.36. The van der Waals surface area contributed by atoms with Gasteiger partial charge in [0, 0.05) is 42.5 Å². The average Bonchev–Trinajstić information content (AvgIpc) is 2.47. The van der Waals surface area contributed by atoms with Crippen LogP contribution >= 0.6 is 0 Å². The van der Waals surface area contributed by atoms with Gasteiger partial charge in [-0.3, -0.25) is 20.5 Å². The Hall–Kier alpha value is -1.40. The summed E-state index contributed by atoms with van der Waals surface area (Å²) in [6.07, 6.45) is 6.41. The van der Waals surface area contributed by atoms with E-state index in [1.165, 1.54) is 11.1 Å². The van der Waals surface area contributed by atoms with Gasteiger partial charge in [0.1, 0.15) is 0 Å². The Morgan fingerprint density at radius 2 is 1.20 bits per heavy atom. The zero-order valence-corrected chi connectivity index (χ0v) is 13.9.